The van der Waals surface area contributed by atoms with Gasteiger partial charge in [0.25, 0.3) is 0 Å². The summed E-state index contributed by atoms with van der Waals surface area (Å²) in [5.74, 6) is 1.33. The van der Waals surface area contributed by atoms with Crippen LogP contribution in [0.2, 0.25) is 0 Å². The number of pyridine rings is 1. The number of carbonyl (C=O) groups excluding carboxylic acids is 1. The number of nitrogens with one attached hydrogen (secondary N) is 3. The summed E-state index contributed by atoms with van der Waals surface area (Å²) in [5.41, 5.74) is 1.51. The lowest BCUT2D eigenvalue weighted by atomic mass is 10.3. The zero-order chi connectivity index (χ0) is 15.4. The quantitative estimate of drug-likeness (QED) is 0.619. The lowest BCUT2D eigenvalue weighted by Gasteiger charge is -1.99. The Morgan fingerprint density at radius 1 is 1.36 bits per heavy atom. The van der Waals surface area contributed by atoms with Crippen LogP contribution in [0.4, 0.5) is 5.95 Å². The van der Waals surface area contributed by atoms with Gasteiger partial charge in [-0.1, -0.05) is 0 Å². The molecule has 9 heteroatoms. The van der Waals surface area contributed by atoms with Crippen molar-refractivity contribution in [2.75, 3.05) is 12.4 Å². The summed E-state index contributed by atoms with van der Waals surface area (Å²) in [6, 6.07) is 3.72. The molecule has 0 spiro atoms. The summed E-state index contributed by atoms with van der Waals surface area (Å²) in [7, 11) is 1.56. The SMILES string of the molecule is COCc1nc(NC(=O)CCc2nc3ncccc3[nH]2)n[nH]1. The summed E-state index contributed by atoms with van der Waals surface area (Å²) in [6.07, 6.45) is 2.44. The molecular formula is C13H15N7O2. The van der Waals surface area contributed by atoms with Gasteiger partial charge in [-0.25, -0.2) is 9.97 Å². The van der Waals surface area contributed by atoms with Crippen molar-refractivity contribution in [3.63, 3.8) is 0 Å². The fourth-order valence-corrected chi connectivity index (χ4v) is 1.98. The molecule has 3 aromatic heterocycles. The molecule has 22 heavy (non-hydrogen) atoms. The van der Waals surface area contributed by atoms with Crippen LogP contribution in [-0.4, -0.2) is 43.2 Å². The first-order valence-electron chi connectivity index (χ1n) is 6.74. The largest absolute Gasteiger partial charge is 0.377 e. The van der Waals surface area contributed by atoms with Crippen LogP contribution in [0.25, 0.3) is 11.2 Å². The number of methoxy groups -OCH3 is 1. The smallest absolute Gasteiger partial charge is 0.248 e. The monoisotopic (exact) mass is 301 g/mol. The molecule has 3 N–H and O–H groups in total. The molecule has 3 rings (SSSR count). The Hall–Kier alpha value is -2.81. The number of H-pyrrole nitrogens is 2. The van der Waals surface area contributed by atoms with Crippen LogP contribution < -0.4 is 5.32 Å². The first kappa shape index (κ1) is 14.1. The fourth-order valence-electron chi connectivity index (χ4n) is 1.98. The van der Waals surface area contributed by atoms with E-state index in [1.807, 2.05) is 12.1 Å². The van der Waals surface area contributed by atoms with Crippen LogP contribution in [0.15, 0.2) is 18.3 Å². The van der Waals surface area contributed by atoms with E-state index in [0.29, 0.717) is 24.5 Å². The number of fused-ring (bicyclic) bond motifs is 1. The van der Waals surface area contributed by atoms with Crippen LogP contribution in [0, 0.1) is 0 Å². The standard InChI is InChI=1S/C13H15N7O2/c1-22-7-10-17-13(20-19-10)18-11(21)5-4-9-15-8-3-2-6-14-12(8)16-9/h2-3,6H,4-5,7H2,1H3,(H,14,15,16)(H2,17,18,19,20,21). The van der Waals surface area contributed by atoms with E-state index in [1.54, 1.807) is 13.3 Å². The van der Waals surface area contributed by atoms with E-state index in [9.17, 15) is 4.79 Å². The van der Waals surface area contributed by atoms with Crippen molar-refractivity contribution in [3.8, 4) is 0 Å². The van der Waals surface area contributed by atoms with E-state index < -0.39 is 0 Å². The highest BCUT2D eigenvalue weighted by molar-refractivity contribution is 5.89. The van der Waals surface area contributed by atoms with Gasteiger partial charge in [-0.05, 0) is 12.1 Å². The molecule has 0 saturated heterocycles. The van der Waals surface area contributed by atoms with Gasteiger partial charge in [-0.15, -0.1) is 5.10 Å². The summed E-state index contributed by atoms with van der Waals surface area (Å²) in [4.78, 5) is 27.5. The molecule has 3 aromatic rings. The van der Waals surface area contributed by atoms with Gasteiger partial charge in [0.15, 0.2) is 11.5 Å². The van der Waals surface area contributed by atoms with E-state index in [-0.39, 0.29) is 18.3 Å². The number of rotatable bonds is 6. The highest BCUT2D eigenvalue weighted by Gasteiger charge is 2.10. The Kier molecular flexibility index (Phi) is 4.05. The van der Waals surface area contributed by atoms with Gasteiger partial charge in [0.05, 0.1) is 5.52 Å². The van der Waals surface area contributed by atoms with Crippen LogP contribution >= 0.6 is 0 Å². The maximum atomic E-state index is 11.9. The van der Waals surface area contributed by atoms with E-state index in [4.69, 9.17) is 4.74 Å². The third-order valence-electron chi connectivity index (χ3n) is 2.96. The maximum Gasteiger partial charge on any atom is 0.248 e. The minimum absolute atomic E-state index is 0.184. The van der Waals surface area contributed by atoms with Gasteiger partial charge in [0.2, 0.25) is 11.9 Å². The number of aryl methyl sites for hydroxylation is 1. The molecule has 1 amide bonds. The molecule has 0 bridgehead atoms. The minimum Gasteiger partial charge on any atom is -0.377 e. The molecule has 0 aliphatic carbocycles. The third-order valence-corrected chi connectivity index (χ3v) is 2.96. The topological polar surface area (TPSA) is 121 Å². The molecule has 0 aliphatic heterocycles. The molecule has 3 heterocycles. The molecule has 9 nitrogen and oxygen atoms in total. The van der Waals surface area contributed by atoms with Crippen molar-refractivity contribution < 1.29 is 9.53 Å². The summed E-state index contributed by atoms with van der Waals surface area (Å²) >= 11 is 0. The second-order valence-corrected chi connectivity index (χ2v) is 4.64. The average Bonchev–Trinajstić information content (AvgIpc) is 3.12. The Bertz CT molecular complexity index is 746. The zero-order valence-corrected chi connectivity index (χ0v) is 12.0. The molecular weight excluding hydrogens is 286 g/mol. The van der Waals surface area contributed by atoms with Gasteiger partial charge in [-0.3, -0.25) is 15.2 Å². The van der Waals surface area contributed by atoms with Crippen LogP contribution in [0.5, 0.6) is 0 Å². The molecule has 0 aliphatic rings. The molecule has 0 unspecified atom stereocenters. The molecule has 0 radical (unpaired) electrons. The van der Waals surface area contributed by atoms with Crippen molar-refractivity contribution in [2.24, 2.45) is 0 Å². The number of carbonyl (C=O) groups is 1. The predicted octanol–water partition coefficient (Wildman–Crippen LogP) is 0.794. The highest BCUT2D eigenvalue weighted by atomic mass is 16.5. The van der Waals surface area contributed by atoms with Gasteiger partial charge >= 0.3 is 0 Å². The van der Waals surface area contributed by atoms with Gasteiger partial charge < -0.3 is 9.72 Å². The number of amides is 1. The second-order valence-electron chi connectivity index (χ2n) is 4.64. The molecule has 0 atom stereocenters. The van der Waals surface area contributed by atoms with Gasteiger partial charge in [-0.2, -0.15) is 4.98 Å². The number of nitrogens with zero attached hydrogens (tertiary/aromatic N) is 4. The van der Waals surface area contributed by atoms with Crippen molar-refractivity contribution in [1.29, 1.82) is 0 Å². The second kappa shape index (κ2) is 6.31. The van der Waals surface area contributed by atoms with E-state index in [0.717, 1.165) is 11.3 Å². The van der Waals surface area contributed by atoms with Crippen LogP contribution in [0.3, 0.4) is 0 Å². The lowest BCUT2D eigenvalue weighted by molar-refractivity contribution is -0.116. The van der Waals surface area contributed by atoms with Crippen LogP contribution in [-0.2, 0) is 22.6 Å². The summed E-state index contributed by atoms with van der Waals surface area (Å²) in [6.45, 7) is 0.314. The van der Waals surface area contributed by atoms with E-state index in [2.05, 4.69) is 35.5 Å². The predicted molar refractivity (Wildman–Crippen MR) is 77.9 cm³/mol. The Balaban J connectivity index is 1.55. The molecule has 0 fully saturated rings. The number of anilines is 1. The van der Waals surface area contributed by atoms with Crippen molar-refractivity contribution in [1.82, 2.24) is 30.1 Å². The van der Waals surface area contributed by atoms with Crippen LogP contribution in [0.1, 0.15) is 18.1 Å². The van der Waals surface area contributed by atoms with Crippen molar-refractivity contribution in [2.45, 2.75) is 19.4 Å². The number of imidazole rings is 1. The number of hydrogen-bond donors (Lipinski definition) is 3. The zero-order valence-electron chi connectivity index (χ0n) is 12.0. The Labute approximate surface area is 125 Å². The Morgan fingerprint density at radius 2 is 2.27 bits per heavy atom. The first-order valence-corrected chi connectivity index (χ1v) is 6.74. The maximum absolute atomic E-state index is 11.9. The first-order chi connectivity index (χ1) is 10.7. The van der Waals surface area contributed by atoms with E-state index in [1.165, 1.54) is 0 Å². The van der Waals surface area contributed by atoms with Gasteiger partial charge in [0.1, 0.15) is 12.4 Å². The third kappa shape index (κ3) is 3.26. The fraction of sp³-hybridized carbons (Fsp3) is 0.308. The van der Waals surface area contributed by atoms with Crippen molar-refractivity contribution in [3.05, 3.63) is 30.0 Å². The number of hydrogen-bond acceptors (Lipinski definition) is 6. The average molecular weight is 301 g/mol. The molecule has 114 valence electrons. The minimum atomic E-state index is -0.184. The van der Waals surface area contributed by atoms with Crippen molar-refractivity contribution >= 4 is 23.0 Å². The highest BCUT2D eigenvalue weighted by Crippen LogP contribution is 2.09. The Morgan fingerprint density at radius 3 is 3.09 bits per heavy atom. The number of aromatic amines is 2. The summed E-state index contributed by atoms with van der Waals surface area (Å²) < 4.78 is 4.92. The lowest BCUT2D eigenvalue weighted by Crippen LogP contribution is -2.13. The molecule has 0 aromatic carbocycles. The molecule has 0 saturated carbocycles. The summed E-state index contributed by atoms with van der Waals surface area (Å²) in [5, 5.41) is 9.18. The normalized spacial score (nSPS) is 11.0. The number of ether oxygens (including phenoxy) is 1. The van der Waals surface area contributed by atoms with Gasteiger partial charge in [0, 0.05) is 26.1 Å². The number of aromatic nitrogens is 6. The van der Waals surface area contributed by atoms with E-state index >= 15 is 0 Å².